The Morgan fingerprint density at radius 3 is 2.64 bits per heavy atom. The van der Waals surface area contributed by atoms with Gasteiger partial charge in [0.15, 0.2) is 6.23 Å². The molecule has 11 nitrogen and oxygen atoms in total. The highest BCUT2D eigenvalue weighted by Crippen LogP contribution is 2.27. The van der Waals surface area contributed by atoms with Gasteiger partial charge in [0.25, 0.3) is 5.56 Å². The van der Waals surface area contributed by atoms with Crippen LogP contribution in [-0.2, 0) is 16.0 Å². The molecule has 0 bridgehead atoms. The fourth-order valence-electron chi connectivity index (χ4n) is 2.18. The molecule has 4 atom stereocenters. The highest BCUT2D eigenvalue weighted by atomic mass is 16.6. The number of nitrogens with zero attached hydrogens (tertiary/aromatic N) is 1. The number of aromatic nitrogens is 2. The molecule has 1 saturated heterocycles. The van der Waals surface area contributed by atoms with E-state index in [9.17, 15) is 24.6 Å². The largest absolute Gasteiger partial charge is 0.394 e. The van der Waals surface area contributed by atoms with Crippen molar-refractivity contribution in [1.29, 1.82) is 0 Å². The van der Waals surface area contributed by atoms with E-state index in [4.69, 9.17) is 15.7 Å². The van der Waals surface area contributed by atoms with Crippen molar-refractivity contribution >= 4 is 5.91 Å². The summed E-state index contributed by atoms with van der Waals surface area (Å²) in [4.78, 5) is 36.7. The Kier molecular flexibility index (Phi) is 4.73. The van der Waals surface area contributed by atoms with Gasteiger partial charge in [-0.15, -0.1) is 0 Å². The number of rotatable bonds is 4. The molecule has 2 rings (SSSR count). The number of hydrazine groups is 1. The summed E-state index contributed by atoms with van der Waals surface area (Å²) in [6.07, 6.45) is -4.62. The summed E-state index contributed by atoms with van der Waals surface area (Å²) < 4.78 is 6.03. The Morgan fingerprint density at radius 2 is 2.09 bits per heavy atom. The van der Waals surface area contributed by atoms with Crippen LogP contribution in [0.25, 0.3) is 0 Å². The smallest absolute Gasteiger partial charge is 0.330 e. The Balaban J connectivity index is 2.39. The molecule has 1 fully saturated rings. The average Bonchev–Trinajstić information content (AvgIpc) is 2.77. The lowest BCUT2D eigenvalue weighted by Gasteiger charge is -2.17. The standard InChI is InChI=1S/C11H16N4O7/c12-14-6(17)1-4-2-15(11(21)13-9(4)20)10-8(19)7(18)5(3-16)22-10/h2,5,7-8,10,16,18-19H,1,3,12H2,(H,14,17)(H,13,20,21)/t5-,7-,8-,10-/m1/s1. The SMILES string of the molecule is NNC(=O)Cc1cn([C@@H]2O[C@H](CO)[C@@H](O)[C@H]2O)c(=O)[nH]c1=O. The Bertz CT molecular complexity index is 669. The number of ether oxygens (including phenoxy) is 1. The van der Waals surface area contributed by atoms with E-state index in [2.05, 4.69) is 0 Å². The summed E-state index contributed by atoms with van der Waals surface area (Å²) in [7, 11) is 0. The molecule has 1 aromatic heterocycles. The van der Waals surface area contributed by atoms with Gasteiger partial charge in [0.05, 0.1) is 13.0 Å². The molecule has 0 aliphatic carbocycles. The fourth-order valence-corrected chi connectivity index (χ4v) is 2.18. The summed E-state index contributed by atoms with van der Waals surface area (Å²) in [6.45, 7) is -0.560. The van der Waals surface area contributed by atoms with Crippen LogP contribution in [0.15, 0.2) is 15.8 Å². The molecule has 0 saturated carbocycles. The van der Waals surface area contributed by atoms with Crippen molar-refractivity contribution in [3.8, 4) is 0 Å². The second-order valence-corrected chi connectivity index (χ2v) is 4.79. The number of aromatic amines is 1. The molecule has 0 radical (unpaired) electrons. The molecule has 22 heavy (non-hydrogen) atoms. The molecule has 0 spiro atoms. The number of hydrogen-bond acceptors (Lipinski definition) is 8. The molecule has 1 amide bonds. The third-order valence-electron chi connectivity index (χ3n) is 3.34. The first-order valence-corrected chi connectivity index (χ1v) is 6.35. The fraction of sp³-hybridized carbons (Fsp3) is 0.545. The molecule has 1 aliphatic rings. The minimum atomic E-state index is -1.49. The van der Waals surface area contributed by atoms with Gasteiger partial charge in [0.2, 0.25) is 5.91 Å². The zero-order valence-corrected chi connectivity index (χ0v) is 11.3. The number of carbonyl (C=O) groups is 1. The number of carbonyl (C=O) groups excluding carboxylic acids is 1. The molecule has 122 valence electrons. The lowest BCUT2D eigenvalue weighted by atomic mass is 10.1. The molecule has 7 N–H and O–H groups in total. The highest BCUT2D eigenvalue weighted by Gasteiger charge is 2.43. The zero-order chi connectivity index (χ0) is 16.4. The zero-order valence-electron chi connectivity index (χ0n) is 11.3. The van der Waals surface area contributed by atoms with Crippen LogP contribution in [0.2, 0.25) is 0 Å². The van der Waals surface area contributed by atoms with Crippen LogP contribution in [0, 0.1) is 0 Å². The summed E-state index contributed by atoms with van der Waals surface area (Å²) in [6, 6.07) is 0. The third-order valence-corrected chi connectivity index (χ3v) is 3.34. The van der Waals surface area contributed by atoms with Gasteiger partial charge >= 0.3 is 5.69 Å². The molecule has 11 heteroatoms. The Morgan fingerprint density at radius 1 is 1.41 bits per heavy atom. The van der Waals surface area contributed by atoms with Gasteiger partial charge in [-0.1, -0.05) is 0 Å². The topological polar surface area (TPSA) is 180 Å². The molecule has 0 aromatic carbocycles. The van der Waals surface area contributed by atoms with Crippen molar-refractivity contribution in [1.82, 2.24) is 15.0 Å². The van der Waals surface area contributed by atoms with Crippen LogP contribution < -0.4 is 22.5 Å². The van der Waals surface area contributed by atoms with Gasteiger partial charge in [-0.3, -0.25) is 24.6 Å². The van der Waals surface area contributed by atoms with E-state index in [1.54, 1.807) is 0 Å². The lowest BCUT2D eigenvalue weighted by Crippen LogP contribution is -2.40. The van der Waals surface area contributed by atoms with E-state index >= 15 is 0 Å². The van der Waals surface area contributed by atoms with Gasteiger partial charge in [0, 0.05) is 11.8 Å². The van der Waals surface area contributed by atoms with E-state index < -0.39 is 48.3 Å². The monoisotopic (exact) mass is 316 g/mol. The number of nitrogens with two attached hydrogens (primary N) is 1. The van der Waals surface area contributed by atoms with Crippen molar-refractivity contribution in [3.63, 3.8) is 0 Å². The second kappa shape index (κ2) is 6.37. The molecular formula is C11H16N4O7. The molecule has 1 aliphatic heterocycles. The van der Waals surface area contributed by atoms with Crippen molar-refractivity contribution in [2.24, 2.45) is 5.84 Å². The summed E-state index contributed by atoms with van der Waals surface area (Å²) >= 11 is 0. The van der Waals surface area contributed by atoms with Crippen LogP contribution in [0.3, 0.4) is 0 Å². The summed E-state index contributed by atoms with van der Waals surface area (Å²) in [5, 5.41) is 28.6. The molecule has 1 aromatic rings. The van der Waals surface area contributed by atoms with Crippen LogP contribution in [0.4, 0.5) is 0 Å². The maximum atomic E-state index is 11.8. The number of nitrogens with one attached hydrogen (secondary N) is 2. The second-order valence-electron chi connectivity index (χ2n) is 4.79. The van der Waals surface area contributed by atoms with E-state index in [1.165, 1.54) is 0 Å². The minimum absolute atomic E-state index is 0.0831. The number of aliphatic hydroxyl groups is 3. The van der Waals surface area contributed by atoms with Crippen molar-refractivity contribution in [2.45, 2.75) is 31.0 Å². The van der Waals surface area contributed by atoms with Gasteiger partial charge in [-0.2, -0.15) is 0 Å². The first-order chi connectivity index (χ1) is 10.4. The van der Waals surface area contributed by atoms with Crippen LogP contribution in [-0.4, -0.2) is 55.7 Å². The third kappa shape index (κ3) is 2.93. The summed E-state index contributed by atoms with van der Waals surface area (Å²) in [5.74, 6) is 4.27. The van der Waals surface area contributed by atoms with E-state index in [0.717, 1.165) is 10.8 Å². The number of amides is 1. The first-order valence-electron chi connectivity index (χ1n) is 6.35. The maximum absolute atomic E-state index is 11.8. The van der Waals surface area contributed by atoms with Crippen molar-refractivity contribution < 1.29 is 24.9 Å². The minimum Gasteiger partial charge on any atom is -0.394 e. The number of H-pyrrole nitrogens is 1. The van der Waals surface area contributed by atoms with E-state index in [1.807, 2.05) is 10.4 Å². The predicted octanol–water partition coefficient (Wildman–Crippen LogP) is -4.32. The van der Waals surface area contributed by atoms with Crippen LogP contribution >= 0.6 is 0 Å². The number of hydrogen-bond donors (Lipinski definition) is 6. The number of aliphatic hydroxyl groups excluding tert-OH is 3. The molecule has 2 heterocycles. The van der Waals surface area contributed by atoms with Crippen LogP contribution in [0.5, 0.6) is 0 Å². The average molecular weight is 316 g/mol. The van der Waals surface area contributed by atoms with Gasteiger partial charge in [0.1, 0.15) is 18.3 Å². The first kappa shape index (κ1) is 16.3. The van der Waals surface area contributed by atoms with E-state index in [-0.39, 0.29) is 12.0 Å². The lowest BCUT2D eigenvalue weighted by molar-refractivity contribution is -0.120. The maximum Gasteiger partial charge on any atom is 0.330 e. The molecular weight excluding hydrogens is 300 g/mol. The highest BCUT2D eigenvalue weighted by molar-refractivity contribution is 5.77. The van der Waals surface area contributed by atoms with Gasteiger partial charge in [-0.05, 0) is 0 Å². The Labute approximate surface area is 122 Å². The van der Waals surface area contributed by atoms with Crippen LogP contribution in [0.1, 0.15) is 11.8 Å². The molecule has 0 unspecified atom stereocenters. The summed E-state index contributed by atoms with van der Waals surface area (Å²) in [5.41, 5.74) is 0.0876. The quantitative estimate of drug-likeness (QED) is 0.183. The normalized spacial score (nSPS) is 27.8. The van der Waals surface area contributed by atoms with Gasteiger partial charge < -0.3 is 20.1 Å². The van der Waals surface area contributed by atoms with E-state index in [0.29, 0.717) is 0 Å². The predicted molar refractivity (Wildman–Crippen MR) is 70.4 cm³/mol. The van der Waals surface area contributed by atoms with Crippen molar-refractivity contribution in [3.05, 3.63) is 32.6 Å². The van der Waals surface area contributed by atoms with Crippen molar-refractivity contribution in [2.75, 3.05) is 6.61 Å². The van der Waals surface area contributed by atoms with Gasteiger partial charge in [-0.25, -0.2) is 10.6 Å². The Hall–Kier alpha value is -2.05.